The molecule has 1 aliphatic heterocycles. The van der Waals surface area contributed by atoms with Gasteiger partial charge in [0.2, 0.25) is 0 Å². The van der Waals surface area contributed by atoms with Crippen molar-refractivity contribution >= 4 is 40.2 Å². The standard InChI is InChI=1S/C14H14Cl2N2/c1-18(2)9-3-4-13-10(7-9)11-5-8(15)6-12(16)14(11)17-13/h5-7,9H,3-4H2,1-2H3. The maximum absolute atomic E-state index is 6.21. The molecule has 1 unspecified atom stereocenters. The van der Waals surface area contributed by atoms with Gasteiger partial charge in [-0.05, 0) is 39.1 Å². The molecule has 1 atom stereocenters. The number of benzene rings is 1. The summed E-state index contributed by atoms with van der Waals surface area (Å²) in [6.45, 7) is 0. The molecule has 0 aromatic heterocycles. The molecule has 1 heterocycles. The number of halogens is 2. The van der Waals surface area contributed by atoms with Crippen LogP contribution in [0.3, 0.4) is 0 Å². The lowest BCUT2D eigenvalue weighted by Gasteiger charge is -2.26. The smallest absolute Gasteiger partial charge is 0.0899 e. The summed E-state index contributed by atoms with van der Waals surface area (Å²) in [4.78, 5) is 6.88. The molecule has 4 heteroatoms. The van der Waals surface area contributed by atoms with E-state index in [1.165, 1.54) is 5.57 Å². The van der Waals surface area contributed by atoms with Gasteiger partial charge in [-0.1, -0.05) is 29.3 Å². The van der Waals surface area contributed by atoms with Gasteiger partial charge < -0.3 is 4.90 Å². The highest BCUT2D eigenvalue weighted by Gasteiger charge is 2.28. The van der Waals surface area contributed by atoms with Crippen LogP contribution in [0.25, 0.3) is 5.57 Å². The van der Waals surface area contributed by atoms with Crippen molar-refractivity contribution in [2.75, 3.05) is 14.1 Å². The summed E-state index contributed by atoms with van der Waals surface area (Å²) >= 11 is 12.3. The van der Waals surface area contributed by atoms with Crippen LogP contribution in [0.15, 0.2) is 23.2 Å². The van der Waals surface area contributed by atoms with Crippen LogP contribution in [0, 0.1) is 0 Å². The van der Waals surface area contributed by atoms with Crippen LogP contribution in [0.5, 0.6) is 0 Å². The largest absolute Gasteiger partial charge is 0.303 e. The first kappa shape index (κ1) is 12.2. The molecule has 2 aliphatic rings. The molecule has 18 heavy (non-hydrogen) atoms. The van der Waals surface area contributed by atoms with Gasteiger partial charge in [0.1, 0.15) is 0 Å². The van der Waals surface area contributed by atoms with E-state index in [1.54, 1.807) is 6.07 Å². The van der Waals surface area contributed by atoms with Crippen molar-refractivity contribution in [3.05, 3.63) is 33.8 Å². The maximum atomic E-state index is 6.21. The summed E-state index contributed by atoms with van der Waals surface area (Å²) in [6, 6.07) is 4.18. The third-order valence-corrected chi connectivity index (χ3v) is 4.08. The van der Waals surface area contributed by atoms with E-state index >= 15 is 0 Å². The second-order valence-electron chi connectivity index (χ2n) is 4.99. The molecule has 0 saturated heterocycles. The molecule has 1 aliphatic carbocycles. The molecule has 0 radical (unpaired) electrons. The Morgan fingerprint density at radius 1 is 1.28 bits per heavy atom. The van der Waals surface area contributed by atoms with Crippen LogP contribution in [0.1, 0.15) is 18.4 Å². The molecule has 0 amide bonds. The van der Waals surface area contributed by atoms with Gasteiger partial charge in [-0.3, -0.25) is 4.99 Å². The second-order valence-corrected chi connectivity index (χ2v) is 5.84. The van der Waals surface area contributed by atoms with Crippen LogP contribution in [0.2, 0.25) is 10.0 Å². The van der Waals surface area contributed by atoms with Gasteiger partial charge in [0.25, 0.3) is 0 Å². The third kappa shape index (κ3) is 1.89. The molecule has 2 nitrogen and oxygen atoms in total. The van der Waals surface area contributed by atoms with Gasteiger partial charge in [-0.2, -0.15) is 0 Å². The Hall–Kier alpha value is -0.830. The van der Waals surface area contributed by atoms with E-state index < -0.39 is 0 Å². The van der Waals surface area contributed by atoms with Crippen molar-refractivity contribution in [1.29, 1.82) is 0 Å². The lowest BCUT2D eigenvalue weighted by atomic mass is 9.90. The van der Waals surface area contributed by atoms with E-state index in [9.17, 15) is 0 Å². The van der Waals surface area contributed by atoms with Crippen molar-refractivity contribution in [3.8, 4) is 0 Å². The van der Waals surface area contributed by atoms with Gasteiger partial charge in [-0.25, -0.2) is 0 Å². The van der Waals surface area contributed by atoms with Crippen LogP contribution in [-0.2, 0) is 0 Å². The van der Waals surface area contributed by atoms with E-state index in [0.29, 0.717) is 16.1 Å². The van der Waals surface area contributed by atoms with Gasteiger partial charge in [0.05, 0.1) is 10.7 Å². The second kappa shape index (κ2) is 4.37. The molecule has 0 spiro atoms. The first-order valence-electron chi connectivity index (χ1n) is 6.02. The molecule has 0 bridgehead atoms. The minimum Gasteiger partial charge on any atom is -0.303 e. The molecular formula is C14H14Cl2N2. The van der Waals surface area contributed by atoms with Crippen LogP contribution < -0.4 is 0 Å². The third-order valence-electron chi connectivity index (χ3n) is 3.58. The van der Waals surface area contributed by atoms with Crippen molar-refractivity contribution in [2.45, 2.75) is 18.9 Å². The lowest BCUT2D eigenvalue weighted by molar-refractivity contribution is 0.330. The number of aliphatic imine (C=N–C) groups is 1. The summed E-state index contributed by atoms with van der Waals surface area (Å²) in [7, 11) is 4.20. The molecule has 1 aromatic carbocycles. The van der Waals surface area contributed by atoms with Crippen LogP contribution in [-0.4, -0.2) is 30.7 Å². The SMILES string of the molecule is CN(C)C1C=C2C(=Nc3c(Cl)cc(Cl)cc32)CC1. The zero-order valence-electron chi connectivity index (χ0n) is 10.4. The Morgan fingerprint density at radius 3 is 2.78 bits per heavy atom. The van der Waals surface area contributed by atoms with Crippen LogP contribution in [0.4, 0.5) is 5.69 Å². The Balaban J connectivity index is 2.13. The fourth-order valence-electron chi connectivity index (χ4n) is 2.58. The van der Waals surface area contributed by atoms with Crippen molar-refractivity contribution in [2.24, 2.45) is 4.99 Å². The fraction of sp³-hybridized carbons (Fsp3) is 0.357. The molecule has 0 fully saturated rings. The predicted octanol–water partition coefficient (Wildman–Crippen LogP) is 4.19. The molecular weight excluding hydrogens is 267 g/mol. The predicted molar refractivity (Wildman–Crippen MR) is 78.2 cm³/mol. The first-order valence-corrected chi connectivity index (χ1v) is 6.77. The average Bonchev–Trinajstić information content (AvgIpc) is 2.67. The summed E-state index contributed by atoms with van der Waals surface area (Å²) < 4.78 is 0. The highest BCUT2D eigenvalue weighted by Crippen LogP contribution is 2.44. The highest BCUT2D eigenvalue weighted by atomic mass is 35.5. The number of allylic oxidation sites excluding steroid dienone is 1. The van der Waals surface area contributed by atoms with Crippen molar-refractivity contribution in [3.63, 3.8) is 0 Å². The zero-order valence-corrected chi connectivity index (χ0v) is 11.9. The lowest BCUT2D eigenvalue weighted by Crippen LogP contribution is -2.29. The normalized spacial score (nSPS) is 21.5. The van der Waals surface area contributed by atoms with Gasteiger partial charge in [0.15, 0.2) is 0 Å². The number of nitrogens with zero attached hydrogens (tertiary/aromatic N) is 2. The van der Waals surface area contributed by atoms with E-state index in [0.717, 1.165) is 29.8 Å². The molecule has 94 valence electrons. The quantitative estimate of drug-likeness (QED) is 0.753. The summed E-state index contributed by atoms with van der Waals surface area (Å²) in [6.07, 6.45) is 4.38. The zero-order chi connectivity index (χ0) is 12.9. The van der Waals surface area contributed by atoms with E-state index in [-0.39, 0.29) is 0 Å². The number of fused-ring (bicyclic) bond motifs is 3. The number of hydrogen-bond acceptors (Lipinski definition) is 2. The molecule has 1 aromatic rings. The number of rotatable bonds is 1. The summed E-state index contributed by atoms with van der Waals surface area (Å²) in [5.41, 5.74) is 4.31. The van der Waals surface area contributed by atoms with E-state index in [1.807, 2.05) is 6.07 Å². The summed E-state index contributed by atoms with van der Waals surface area (Å²) in [5.74, 6) is 0. The molecule has 0 N–H and O–H groups in total. The Kier molecular flexibility index (Phi) is 2.97. The molecule has 0 saturated carbocycles. The monoisotopic (exact) mass is 280 g/mol. The Bertz CT molecular complexity index is 573. The maximum Gasteiger partial charge on any atom is 0.0899 e. The van der Waals surface area contributed by atoms with Gasteiger partial charge in [-0.15, -0.1) is 0 Å². The minimum atomic E-state index is 0.461. The van der Waals surface area contributed by atoms with E-state index in [2.05, 4.69) is 30.1 Å². The summed E-state index contributed by atoms with van der Waals surface area (Å²) in [5, 5.41) is 1.31. The number of hydrogen-bond donors (Lipinski definition) is 0. The van der Waals surface area contributed by atoms with E-state index in [4.69, 9.17) is 23.2 Å². The van der Waals surface area contributed by atoms with Crippen molar-refractivity contribution < 1.29 is 0 Å². The average molecular weight is 281 g/mol. The topological polar surface area (TPSA) is 15.6 Å². The fourth-order valence-corrected chi connectivity index (χ4v) is 3.12. The Labute approximate surface area is 117 Å². The van der Waals surface area contributed by atoms with Crippen molar-refractivity contribution in [1.82, 2.24) is 4.90 Å². The van der Waals surface area contributed by atoms with Crippen LogP contribution >= 0.6 is 23.2 Å². The molecule has 3 rings (SSSR count). The minimum absolute atomic E-state index is 0.461. The van der Waals surface area contributed by atoms with Gasteiger partial charge in [0, 0.05) is 27.9 Å². The number of likely N-dealkylation sites (N-methyl/N-ethyl adjacent to an activating group) is 1. The Morgan fingerprint density at radius 2 is 2.06 bits per heavy atom. The highest BCUT2D eigenvalue weighted by molar-refractivity contribution is 6.40. The first-order chi connectivity index (χ1) is 8.56. The van der Waals surface area contributed by atoms with Gasteiger partial charge >= 0.3 is 0 Å².